The first-order valence-electron chi connectivity index (χ1n) is 4.48. The molecule has 0 N–H and O–H groups in total. The van der Waals surface area contributed by atoms with Crippen LogP contribution in [0, 0.1) is 5.41 Å². The van der Waals surface area contributed by atoms with E-state index in [9.17, 15) is 9.59 Å². The first-order valence-corrected chi connectivity index (χ1v) is 4.48. The number of aldehydes is 1. The van der Waals surface area contributed by atoms with Crippen molar-refractivity contribution in [2.45, 2.75) is 32.6 Å². The highest BCUT2D eigenvalue weighted by molar-refractivity contribution is 5.71. The fourth-order valence-corrected chi connectivity index (χ4v) is 1.27. The molecule has 0 aliphatic heterocycles. The molecule has 0 spiro atoms. The third-order valence-electron chi connectivity index (χ3n) is 2.26. The minimum atomic E-state index is -0.374. The average Bonchev–Trinajstić information content (AvgIpc) is 2.82. The summed E-state index contributed by atoms with van der Waals surface area (Å²) in [4.78, 5) is 30.3. The van der Waals surface area contributed by atoms with E-state index in [-0.39, 0.29) is 11.4 Å². The number of hydrogen-bond donors (Lipinski definition) is 0. The zero-order valence-electron chi connectivity index (χ0n) is 7.75. The molecule has 1 aliphatic rings. The molecule has 0 aromatic heterocycles. The molecule has 13 heavy (non-hydrogen) atoms. The standard InChI is InChI=1S/C9H14O4/c1-2-12-13-8(11)7-9(3-4-9)5-6-10/h6H,2-5,7H2,1H3. The summed E-state index contributed by atoms with van der Waals surface area (Å²) < 4.78 is 0. The Morgan fingerprint density at radius 2 is 2.23 bits per heavy atom. The second-order valence-electron chi connectivity index (χ2n) is 3.41. The minimum Gasteiger partial charge on any atom is -0.303 e. The van der Waals surface area contributed by atoms with E-state index < -0.39 is 0 Å². The van der Waals surface area contributed by atoms with Gasteiger partial charge in [0, 0.05) is 6.42 Å². The van der Waals surface area contributed by atoms with Gasteiger partial charge in [-0.05, 0) is 25.2 Å². The quantitative estimate of drug-likeness (QED) is 0.356. The Labute approximate surface area is 77.1 Å². The van der Waals surface area contributed by atoms with Gasteiger partial charge in [-0.3, -0.25) is 4.89 Å². The third kappa shape index (κ3) is 3.14. The Kier molecular flexibility index (Phi) is 3.42. The maximum absolute atomic E-state index is 11.1. The molecule has 0 amide bonds. The van der Waals surface area contributed by atoms with E-state index in [4.69, 9.17) is 0 Å². The van der Waals surface area contributed by atoms with Gasteiger partial charge in [0.1, 0.15) is 6.29 Å². The van der Waals surface area contributed by atoms with Crippen LogP contribution in [-0.4, -0.2) is 18.9 Å². The fourth-order valence-electron chi connectivity index (χ4n) is 1.27. The van der Waals surface area contributed by atoms with E-state index in [1.807, 2.05) is 0 Å². The Bertz CT molecular complexity index is 196. The molecule has 0 radical (unpaired) electrons. The van der Waals surface area contributed by atoms with Crippen LogP contribution in [0.4, 0.5) is 0 Å². The summed E-state index contributed by atoms with van der Waals surface area (Å²) in [5, 5.41) is 0. The van der Waals surface area contributed by atoms with Crippen LogP contribution < -0.4 is 0 Å². The Morgan fingerprint density at radius 1 is 1.54 bits per heavy atom. The molecule has 0 aromatic rings. The average molecular weight is 186 g/mol. The van der Waals surface area contributed by atoms with Gasteiger partial charge in [-0.1, -0.05) is 0 Å². The summed E-state index contributed by atoms with van der Waals surface area (Å²) in [6, 6.07) is 0. The predicted molar refractivity (Wildman–Crippen MR) is 44.7 cm³/mol. The summed E-state index contributed by atoms with van der Waals surface area (Å²) in [5.41, 5.74) is -0.101. The first-order chi connectivity index (χ1) is 6.22. The number of hydrogen-bond acceptors (Lipinski definition) is 4. The van der Waals surface area contributed by atoms with Crippen LogP contribution in [0.1, 0.15) is 32.6 Å². The van der Waals surface area contributed by atoms with E-state index in [1.54, 1.807) is 6.92 Å². The largest absolute Gasteiger partial charge is 0.342 e. The van der Waals surface area contributed by atoms with E-state index in [1.165, 1.54) is 0 Å². The number of carbonyl (C=O) groups is 2. The van der Waals surface area contributed by atoms with Crippen LogP contribution in [0.25, 0.3) is 0 Å². The van der Waals surface area contributed by atoms with Crippen molar-refractivity contribution in [2.75, 3.05) is 6.61 Å². The smallest absolute Gasteiger partial charge is 0.303 e. The molecule has 0 aromatic carbocycles. The molecule has 4 heteroatoms. The molecule has 1 rings (SSSR count). The molecule has 0 heterocycles. The van der Waals surface area contributed by atoms with Gasteiger partial charge in [-0.2, -0.15) is 4.89 Å². The van der Waals surface area contributed by atoms with Crippen molar-refractivity contribution in [1.29, 1.82) is 0 Å². The highest BCUT2D eigenvalue weighted by Gasteiger charge is 2.44. The molecule has 1 fully saturated rings. The SMILES string of the molecule is CCOOC(=O)CC1(CC=O)CC1. The highest BCUT2D eigenvalue weighted by Crippen LogP contribution is 2.51. The van der Waals surface area contributed by atoms with Crippen LogP contribution in [0.2, 0.25) is 0 Å². The lowest BCUT2D eigenvalue weighted by molar-refractivity contribution is -0.270. The zero-order chi connectivity index (χ0) is 9.73. The second kappa shape index (κ2) is 4.37. The lowest BCUT2D eigenvalue weighted by atomic mass is 9.99. The van der Waals surface area contributed by atoms with Crippen molar-refractivity contribution in [1.82, 2.24) is 0 Å². The van der Waals surface area contributed by atoms with Crippen LogP contribution >= 0.6 is 0 Å². The second-order valence-corrected chi connectivity index (χ2v) is 3.41. The first kappa shape index (κ1) is 10.2. The van der Waals surface area contributed by atoms with Crippen LogP contribution in [0.15, 0.2) is 0 Å². The van der Waals surface area contributed by atoms with Crippen molar-refractivity contribution >= 4 is 12.3 Å². The van der Waals surface area contributed by atoms with Gasteiger partial charge in [-0.15, -0.1) is 0 Å². The van der Waals surface area contributed by atoms with Gasteiger partial charge in [0.25, 0.3) is 0 Å². The van der Waals surface area contributed by atoms with Crippen molar-refractivity contribution in [2.24, 2.45) is 5.41 Å². The van der Waals surface area contributed by atoms with Crippen LogP contribution in [0.3, 0.4) is 0 Å². The molecule has 0 atom stereocenters. The van der Waals surface area contributed by atoms with Crippen LogP contribution in [-0.2, 0) is 19.4 Å². The van der Waals surface area contributed by atoms with Gasteiger partial charge in [0.2, 0.25) is 0 Å². The summed E-state index contributed by atoms with van der Waals surface area (Å²) in [7, 11) is 0. The maximum atomic E-state index is 11.1. The maximum Gasteiger partial charge on any atom is 0.342 e. The van der Waals surface area contributed by atoms with Gasteiger partial charge >= 0.3 is 5.97 Å². The van der Waals surface area contributed by atoms with Crippen LogP contribution in [0.5, 0.6) is 0 Å². The third-order valence-corrected chi connectivity index (χ3v) is 2.26. The summed E-state index contributed by atoms with van der Waals surface area (Å²) in [6.45, 7) is 2.10. The fraction of sp³-hybridized carbons (Fsp3) is 0.778. The van der Waals surface area contributed by atoms with Gasteiger partial charge in [0.05, 0.1) is 13.0 Å². The summed E-state index contributed by atoms with van der Waals surface area (Å²) in [6.07, 6.45) is 3.49. The predicted octanol–water partition coefficient (Wildman–Crippen LogP) is 1.24. The van der Waals surface area contributed by atoms with Gasteiger partial charge in [0.15, 0.2) is 0 Å². The number of carbonyl (C=O) groups excluding carboxylic acids is 2. The molecule has 4 nitrogen and oxygen atoms in total. The normalized spacial score (nSPS) is 17.9. The van der Waals surface area contributed by atoms with Gasteiger partial charge < -0.3 is 4.79 Å². The van der Waals surface area contributed by atoms with Crippen molar-refractivity contribution in [3.05, 3.63) is 0 Å². The minimum absolute atomic E-state index is 0.101. The Balaban J connectivity index is 2.23. The topological polar surface area (TPSA) is 52.6 Å². The molecule has 74 valence electrons. The molecule has 0 unspecified atom stereocenters. The lowest BCUT2D eigenvalue weighted by Gasteiger charge is -2.08. The Morgan fingerprint density at radius 3 is 2.69 bits per heavy atom. The molecule has 0 bridgehead atoms. The van der Waals surface area contributed by atoms with Crippen molar-refractivity contribution in [3.63, 3.8) is 0 Å². The molecule has 1 aliphatic carbocycles. The molecule has 1 saturated carbocycles. The number of rotatable bonds is 6. The molecular formula is C9H14O4. The van der Waals surface area contributed by atoms with Gasteiger partial charge in [-0.25, -0.2) is 4.79 Å². The lowest BCUT2D eigenvalue weighted by Crippen LogP contribution is -2.13. The van der Waals surface area contributed by atoms with Crippen molar-refractivity contribution < 1.29 is 19.4 Å². The summed E-state index contributed by atoms with van der Waals surface area (Å²) >= 11 is 0. The van der Waals surface area contributed by atoms with Crippen molar-refractivity contribution in [3.8, 4) is 0 Å². The van der Waals surface area contributed by atoms with E-state index in [0.717, 1.165) is 19.1 Å². The monoisotopic (exact) mass is 186 g/mol. The zero-order valence-corrected chi connectivity index (χ0v) is 7.75. The molecular weight excluding hydrogens is 172 g/mol. The molecule has 0 saturated heterocycles. The highest BCUT2D eigenvalue weighted by atomic mass is 17.2. The Hall–Kier alpha value is -0.900. The van der Waals surface area contributed by atoms with E-state index in [0.29, 0.717) is 19.4 Å². The van der Waals surface area contributed by atoms with E-state index >= 15 is 0 Å². The van der Waals surface area contributed by atoms with E-state index in [2.05, 4.69) is 9.78 Å². The summed E-state index contributed by atoms with van der Waals surface area (Å²) in [5.74, 6) is -0.374.